The molecule has 3 aliphatic rings. The molecule has 93 heavy (non-hydrogen) atoms. The van der Waals surface area contributed by atoms with Crippen LogP contribution in [0, 0.1) is 0 Å². The number of nitrogens with one attached hydrogen (secondary N) is 1. The van der Waals surface area contributed by atoms with Gasteiger partial charge in [-0.25, -0.2) is 0 Å². The van der Waals surface area contributed by atoms with E-state index in [4.69, 9.17) is 28.4 Å². The van der Waals surface area contributed by atoms with Crippen LogP contribution in [0.15, 0.2) is 109 Å². The number of allylic oxidation sites excluding steroid dienone is 17. The summed E-state index contributed by atoms with van der Waals surface area (Å²) >= 11 is 0. The van der Waals surface area contributed by atoms with Crippen molar-refractivity contribution in [3.63, 3.8) is 0 Å². The highest BCUT2D eigenvalue weighted by Gasteiger charge is 2.53. The summed E-state index contributed by atoms with van der Waals surface area (Å²) in [5.74, 6) is -0.308. The molecule has 0 aromatic carbocycles. The number of hydrogen-bond acceptors (Lipinski definition) is 18. The second kappa shape index (κ2) is 54.5. The van der Waals surface area contributed by atoms with Crippen molar-refractivity contribution in [3.05, 3.63) is 109 Å². The van der Waals surface area contributed by atoms with Crippen molar-refractivity contribution in [1.82, 2.24) is 5.32 Å². The Hall–Kier alpha value is -3.55. The third-order valence-corrected chi connectivity index (χ3v) is 17.1. The summed E-state index contributed by atoms with van der Waals surface area (Å²) in [4.78, 5) is 13.4. The van der Waals surface area contributed by atoms with Crippen molar-refractivity contribution >= 4 is 5.91 Å². The summed E-state index contributed by atoms with van der Waals surface area (Å²) in [6.07, 6.45) is 46.3. The summed E-state index contributed by atoms with van der Waals surface area (Å²) < 4.78 is 34.3. The fourth-order valence-corrected chi connectivity index (χ4v) is 11.3. The first-order valence-electron chi connectivity index (χ1n) is 35.6. The van der Waals surface area contributed by atoms with Gasteiger partial charge >= 0.3 is 0 Å². The molecule has 3 heterocycles. The van der Waals surface area contributed by atoms with Gasteiger partial charge in [-0.05, 0) is 89.9 Å². The van der Waals surface area contributed by atoms with Crippen molar-refractivity contribution in [1.29, 1.82) is 0 Å². The van der Waals surface area contributed by atoms with Crippen LogP contribution in [-0.4, -0.2) is 193 Å². The van der Waals surface area contributed by atoms with E-state index in [1.54, 1.807) is 6.08 Å². The van der Waals surface area contributed by atoms with E-state index >= 15 is 0 Å². The monoisotopic (exact) mass is 1320 g/mol. The van der Waals surface area contributed by atoms with E-state index in [9.17, 15) is 61.0 Å². The van der Waals surface area contributed by atoms with Crippen LogP contribution in [0.2, 0.25) is 0 Å². The number of ether oxygens (including phenoxy) is 6. The van der Waals surface area contributed by atoms with Gasteiger partial charge in [-0.1, -0.05) is 232 Å². The van der Waals surface area contributed by atoms with Gasteiger partial charge < -0.3 is 89.9 Å². The van der Waals surface area contributed by atoms with Gasteiger partial charge in [0.15, 0.2) is 18.9 Å². The standard InChI is InChI=1S/C74H125NO18/c1-3-5-7-9-11-13-15-17-19-21-23-25-26-27-28-29-30-32-34-36-38-40-42-44-46-48-50-52-62(80)75-57(58(79)51-49-47-45-43-41-39-37-35-33-31-24-22-20-18-16-14-12-10-8-6-4-2)56-88-72-68(86)65(83)70(60(54-77)90-72)93-74-69(87)66(84)71(61(55-78)91-74)92-73-67(85)64(82)63(81)59(53-76)89-73/h5,7,11,13,17,19,23,25,27-28,30,32,36,38,41,43,49,51,57-61,63-74,76-79,81-87H,3-4,6,8-10,12,14-16,18,20-22,24,26,29,31,33-35,37,39-40,42,44-48,50,52-56H2,1-2H3,(H,75,80)/b7-5-,13-11-,19-17-,25-23-,28-27-,32-30-,38-36-,43-41+,51-49+. The van der Waals surface area contributed by atoms with E-state index in [0.717, 1.165) is 96.3 Å². The van der Waals surface area contributed by atoms with E-state index < -0.39 is 124 Å². The highest BCUT2D eigenvalue weighted by atomic mass is 16.8. The van der Waals surface area contributed by atoms with Crippen molar-refractivity contribution in [3.8, 4) is 0 Å². The lowest BCUT2D eigenvalue weighted by Crippen LogP contribution is -2.66. The molecule has 19 heteroatoms. The third-order valence-electron chi connectivity index (χ3n) is 17.1. The number of aliphatic hydroxyl groups excluding tert-OH is 11. The van der Waals surface area contributed by atoms with Crippen LogP contribution in [0.25, 0.3) is 0 Å². The minimum absolute atomic E-state index is 0.206. The van der Waals surface area contributed by atoms with Crippen molar-refractivity contribution in [2.24, 2.45) is 0 Å². The Bertz CT molecular complexity index is 2110. The van der Waals surface area contributed by atoms with Crippen LogP contribution < -0.4 is 5.32 Å². The van der Waals surface area contributed by atoms with Crippen LogP contribution in [-0.2, 0) is 33.2 Å². The Kier molecular flexibility index (Phi) is 49.0. The molecule has 17 atom stereocenters. The Morgan fingerprint density at radius 2 is 0.753 bits per heavy atom. The maximum absolute atomic E-state index is 13.4. The van der Waals surface area contributed by atoms with Crippen LogP contribution in [0.5, 0.6) is 0 Å². The van der Waals surface area contributed by atoms with Gasteiger partial charge in [0.05, 0.1) is 38.6 Å². The van der Waals surface area contributed by atoms with Crippen LogP contribution in [0.4, 0.5) is 0 Å². The lowest BCUT2D eigenvalue weighted by atomic mass is 9.96. The van der Waals surface area contributed by atoms with Crippen molar-refractivity contribution in [2.45, 2.75) is 324 Å². The maximum Gasteiger partial charge on any atom is 0.220 e. The molecule has 0 radical (unpaired) electrons. The predicted molar refractivity (Wildman–Crippen MR) is 364 cm³/mol. The number of carbonyl (C=O) groups is 1. The molecule has 3 fully saturated rings. The first kappa shape index (κ1) is 83.7. The molecule has 534 valence electrons. The van der Waals surface area contributed by atoms with E-state index in [1.807, 2.05) is 6.08 Å². The van der Waals surface area contributed by atoms with Gasteiger partial charge in [0.1, 0.15) is 73.2 Å². The van der Waals surface area contributed by atoms with Gasteiger partial charge in [0.2, 0.25) is 5.91 Å². The number of rotatable bonds is 53. The SMILES string of the molecule is CC/C=C\C/C=C\C/C=C\C/C=C\C/C=C\C/C=C\C/C=C\CCCCCCCC(=O)NC(COC1OC(CO)C(OC2OC(CO)C(OC3OC(CO)C(O)C(O)C3O)C(O)C2O)C(O)C1O)C(O)/C=C/CC/C=C/CCCCCCCCCCCCCCCCC. The van der Waals surface area contributed by atoms with E-state index in [0.29, 0.717) is 12.8 Å². The summed E-state index contributed by atoms with van der Waals surface area (Å²) in [6, 6.07) is -1.01. The summed E-state index contributed by atoms with van der Waals surface area (Å²) in [6.45, 7) is 1.58. The molecule has 3 saturated heterocycles. The quantitative estimate of drug-likeness (QED) is 0.0199. The summed E-state index contributed by atoms with van der Waals surface area (Å²) in [5.41, 5.74) is 0. The lowest BCUT2D eigenvalue weighted by molar-refractivity contribution is -0.379. The minimum atomic E-state index is -1.99. The molecule has 1 amide bonds. The van der Waals surface area contributed by atoms with Gasteiger partial charge in [0, 0.05) is 6.42 Å². The smallest absolute Gasteiger partial charge is 0.220 e. The highest BCUT2D eigenvalue weighted by Crippen LogP contribution is 2.33. The fourth-order valence-electron chi connectivity index (χ4n) is 11.3. The maximum atomic E-state index is 13.4. The van der Waals surface area contributed by atoms with E-state index in [2.05, 4.69) is 116 Å². The second-order valence-corrected chi connectivity index (χ2v) is 25.0. The third kappa shape index (κ3) is 36.0. The molecule has 3 rings (SSSR count). The Morgan fingerprint density at radius 3 is 1.20 bits per heavy atom. The zero-order valence-electron chi connectivity index (χ0n) is 56.4. The minimum Gasteiger partial charge on any atom is -0.394 e. The number of hydrogen-bond donors (Lipinski definition) is 12. The number of aliphatic hydroxyl groups is 11. The topological polar surface area (TPSA) is 307 Å². The normalized spacial score (nSPS) is 28.2. The van der Waals surface area contributed by atoms with Crippen LogP contribution in [0.3, 0.4) is 0 Å². The summed E-state index contributed by atoms with van der Waals surface area (Å²) in [5, 5.41) is 121. The van der Waals surface area contributed by atoms with Crippen molar-refractivity contribution in [2.75, 3.05) is 26.4 Å². The first-order valence-corrected chi connectivity index (χ1v) is 35.6. The molecule has 0 bridgehead atoms. The predicted octanol–water partition coefficient (Wildman–Crippen LogP) is 9.83. The molecular formula is C74H125NO18. The molecule has 3 aliphatic heterocycles. The molecule has 0 saturated carbocycles. The average molecular weight is 1320 g/mol. The number of amides is 1. The Balaban J connectivity index is 1.46. The molecule has 12 N–H and O–H groups in total. The average Bonchev–Trinajstić information content (AvgIpc) is 0.902. The lowest BCUT2D eigenvalue weighted by Gasteiger charge is -2.48. The molecule has 0 aromatic rings. The van der Waals surface area contributed by atoms with Gasteiger partial charge in [-0.3, -0.25) is 4.79 Å². The molecular weight excluding hydrogens is 1190 g/mol. The van der Waals surface area contributed by atoms with Crippen LogP contribution >= 0.6 is 0 Å². The van der Waals surface area contributed by atoms with Crippen LogP contribution in [0.1, 0.15) is 219 Å². The van der Waals surface area contributed by atoms with Gasteiger partial charge in [0.25, 0.3) is 0 Å². The number of unbranched alkanes of at least 4 members (excludes halogenated alkanes) is 21. The zero-order chi connectivity index (χ0) is 67.5. The fraction of sp³-hybridized carbons (Fsp3) is 0.743. The molecule has 17 unspecified atom stereocenters. The van der Waals surface area contributed by atoms with Crippen molar-refractivity contribution < 1.29 is 89.4 Å². The Labute approximate surface area is 557 Å². The van der Waals surface area contributed by atoms with Gasteiger partial charge in [-0.15, -0.1) is 0 Å². The molecule has 0 spiro atoms. The summed E-state index contributed by atoms with van der Waals surface area (Å²) in [7, 11) is 0. The molecule has 0 aliphatic carbocycles. The zero-order valence-corrected chi connectivity index (χ0v) is 56.4. The van der Waals surface area contributed by atoms with Gasteiger partial charge in [-0.2, -0.15) is 0 Å². The highest BCUT2D eigenvalue weighted by molar-refractivity contribution is 5.76. The molecule has 0 aromatic heterocycles. The largest absolute Gasteiger partial charge is 0.394 e. The number of carbonyl (C=O) groups excluding carboxylic acids is 1. The second-order valence-electron chi connectivity index (χ2n) is 25.0. The first-order chi connectivity index (χ1) is 45.3. The van der Waals surface area contributed by atoms with E-state index in [-0.39, 0.29) is 18.9 Å². The van der Waals surface area contributed by atoms with E-state index in [1.165, 1.54) is 89.9 Å². The Morgan fingerprint density at radius 1 is 0.398 bits per heavy atom. The molecule has 19 nitrogen and oxygen atoms in total.